The van der Waals surface area contributed by atoms with Crippen LogP contribution in [0.2, 0.25) is 0 Å². The van der Waals surface area contributed by atoms with Gasteiger partial charge in [-0.2, -0.15) is 0 Å². The predicted octanol–water partition coefficient (Wildman–Crippen LogP) is 4.46. The number of carbonyl (C=O) groups is 2. The van der Waals surface area contributed by atoms with Crippen LogP contribution in [0.15, 0.2) is 78.0 Å². The molecule has 1 N–H and O–H groups in total. The maximum absolute atomic E-state index is 12.6. The average molecular weight is 445 g/mol. The summed E-state index contributed by atoms with van der Waals surface area (Å²) in [7, 11) is 0. The first-order chi connectivity index (χ1) is 15.6. The molecule has 4 rings (SSSR count). The number of rotatable bonds is 9. The molecule has 6 nitrogen and oxygen atoms in total. The second kappa shape index (κ2) is 10.2. The molecule has 0 aliphatic heterocycles. The van der Waals surface area contributed by atoms with E-state index in [2.05, 4.69) is 33.7 Å². The van der Waals surface area contributed by atoms with Crippen molar-refractivity contribution < 1.29 is 9.59 Å². The summed E-state index contributed by atoms with van der Waals surface area (Å²) in [6.07, 6.45) is 1.40. The normalized spacial score (nSPS) is 10.9. The van der Waals surface area contributed by atoms with E-state index < -0.39 is 0 Å². The van der Waals surface area contributed by atoms with E-state index >= 15 is 0 Å². The van der Waals surface area contributed by atoms with Crippen LogP contribution in [0.3, 0.4) is 0 Å². The topological polar surface area (TPSA) is 76.9 Å². The van der Waals surface area contributed by atoms with E-state index in [1.165, 1.54) is 18.7 Å². The van der Waals surface area contributed by atoms with Crippen LogP contribution in [0.5, 0.6) is 0 Å². The van der Waals surface area contributed by atoms with Crippen molar-refractivity contribution >= 4 is 34.2 Å². The van der Waals surface area contributed by atoms with E-state index in [0.717, 1.165) is 28.7 Å². The molecule has 1 aromatic heterocycles. The zero-order chi connectivity index (χ0) is 22.3. The fraction of sp³-hybridized carbons (Fsp3) is 0.200. The summed E-state index contributed by atoms with van der Waals surface area (Å²) in [6, 6.07) is 23.6. The van der Waals surface area contributed by atoms with E-state index in [9.17, 15) is 9.59 Å². The van der Waals surface area contributed by atoms with Crippen LogP contribution in [-0.2, 0) is 11.2 Å². The van der Waals surface area contributed by atoms with Gasteiger partial charge in [0.15, 0.2) is 10.9 Å². The fourth-order valence-corrected chi connectivity index (χ4v) is 4.41. The van der Waals surface area contributed by atoms with Crippen LogP contribution < -0.4 is 5.32 Å². The minimum atomic E-state index is -0.0452. The van der Waals surface area contributed by atoms with Gasteiger partial charge in [-0.3, -0.25) is 14.2 Å². The van der Waals surface area contributed by atoms with Gasteiger partial charge in [-0.1, -0.05) is 78.5 Å². The van der Waals surface area contributed by atoms with Gasteiger partial charge in [0, 0.05) is 30.8 Å². The van der Waals surface area contributed by atoms with Crippen LogP contribution in [0.25, 0.3) is 16.5 Å². The number of aryl methyl sites for hydroxylation is 1. The maximum Gasteiger partial charge on any atom is 0.216 e. The summed E-state index contributed by atoms with van der Waals surface area (Å²) in [4.78, 5) is 23.8. The molecule has 0 radical (unpaired) electrons. The van der Waals surface area contributed by atoms with Gasteiger partial charge in [0.2, 0.25) is 5.91 Å². The van der Waals surface area contributed by atoms with Crippen molar-refractivity contribution in [1.82, 2.24) is 20.1 Å². The smallest absolute Gasteiger partial charge is 0.216 e. The molecule has 0 saturated heterocycles. The molecule has 3 aromatic carbocycles. The highest BCUT2D eigenvalue weighted by Crippen LogP contribution is 2.28. The van der Waals surface area contributed by atoms with Crippen molar-refractivity contribution in [3.63, 3.8) is 0 Å². The van der Waals surface area contributed by atoms with Crippen molar-refractivity contribution in [3.05, 3.63) is 84.2 Å². The largest absolute Gasteiger partial charge is 0.356 e. The zero-order valence-electron chi connectivity index (χ0n) is 17.8. The molecule has 0 spiro atoms. The van der Waals surface area contributed by atoms with E-state index in [0.29, 0.717) is 23.7 Å². The quantitative estimate of drug-likeness (QED) is 0.234. The Hall–Kier alpha value is -3.45. The van der Waals surface area contributed by atoms with E-state index in [1.54, 1.807) is 0 Å². The van der Waals surface area contributed by atoms with Gasteiger partial charge >= 0.3 is 0 Å². The Morgan fingerprint density at radius 1 is 0.938 bits per heavy atom. The standard InChI is InChI=1S/C25H24N4O2S/c1-18(30)26-16-8-15-24-27-28-25(32-17-23(31)20-10-3-2-4-11-20)29(24)22-14-7-12-19-9-5-6-13-21(19)22/h2-7,9-14H,8,15-17H2,1H3,(H,26,30). The minimum absolute atomic E-state index is 0.0452. The summed E-state index contributed by atoms with van der Waals surface area (Å²) >= 11 is 1.39. The number of hydrogen-bond donors (Lipinski definition) is 1. The monoisotopic (exact) mass is 444 g/mol. The highest BCUT2D eigenvalue weighted by molar-refractivity contribution is 7.99. The summed E-state index contributed by atoms with van der Waals surface area (Å²) in [5.41, 5.74) is 1.67. The van der Waals surface area contributed by atoms with E-state index in [-0.39, 0.29) is 17.4 Å². The molecule has 4 aromatic rings. The first-order valence-corrected chi connectivity index (χ1v) is 11.5. The lowest BCUT2D eigenvalue weighted by Crippen LogP contribution is -2.21. The van der Waals surface area contributed by atoms with E-state index in [4.69, 9.17) is 0 Å². The molecule has 162 valence electrons. The van der Waals surface area contributed by atoms with Crippen molar-refractivity contribution in [2.24, 2.45) is 0 Å². The van der Waals surface area contributed by atoms with Crippen LogP contribution in [0.1, 0.15) is 29.5 Å². The van der Waals surface area contributed by atoms with Crippen molar-refractivity contribution in [2.75, 3.05) is 12.3 Å². The maximum atomic E-state index is 12.6. The molecule has 0 unspecified atom stereocenters. The van der Waals surface area contributed by atoms with Crippen LogP contribution >= 0.6 is 11.8 Å². The van der Waals surface area contributed by atoms with Gasteiger partial charge in [0.25, 0.3) is 0 Å². The Bertz CT molecular complexity index is 1230. The number of Topliss-reactive ketones (excluding diaryl/α,β-unsaturated/α-hetero) is 1. The van der Waals surface area contributed by atoms with Gasteiger partial charge in [0.1, 0.15) is 5.82 Å². The van der Waals surface area contributed by atoms with Crippen LogP contribution in [0.4, 0.5) is 0 Å². The Kier molecular flexibility index (Phi) is 6.97. The number of amides is 1. The molecule has 0 atom stereocenters. The SMILES string of the molecule is CC(=O)NCCCc1nnc(SCC(=O)c2ccccc2)n1-c1cccc2ccccc12. The summed E-state index contributed by atoms with van der Waals surface area (Å²) < 4.78 is 2.04. The number of aromatic nitrogens is 3. The lowest BCUT2D eigenvalue weighted by molar-refractivity contribution is -0.118. The molecule has 1 heterocycles. The molecule has 0 fully saturated rings. The third-order valence-electron chi connectivity index (χ3n) is 5.09. The fourth-order valence-electron chi connectivity index (χ4n) is 3.55. The molecule has 0 bridgehead atoms. The third kappa shape index (κ3) is 5.06. The van der Waals surface area contributed by atoms with Crippen LogP contribution in [0, 0.1) is 0 Å². The lowest BCUT2D eigenvalue weighted by atomic mass is 10.1. The molecule has 1 amide bonds. The highest BCUT2D eigenvalue weighted by atomic mass is 32.2. The second-order valence-electron chi connectivity index (χ2n) is 7.40. The molecule has 32 heavy (non-hydrogen) atoms. The van der Waals surface area contributed by atoms with Gasteiger partial charge in [-0.15, -0.1) is 10.2 Å². The summed E-state index contributed by atoms with van der Waals surface area (Å²) in [5.74, 6) is 1.09. The summed E-state index contributed by atoms with van der Waals surface area (Å²) in [5, 5.41) is 14.6. The average Bonchev–Trinajstić information content (AvgIpc) is 3.22. The zero-order valence-corrected chi connectivity index (χ0v) is 18.6. The summed E-state index contributed by atoms with van der Waals surface area (Å²) in [6.45, 7) is 2.09. The minimum Gasteiger partial charge on any atom is -0.356 e. The van der Waals surface area contributed by atoms with Crippen molar-refractivity contribution in [1.29, 1.82) is 0 Å². The number of hydrogen-bond acceptors (Lipinski definition) is 5. The number of nitrogens with zero attached hydrogens (tertiary/aromatic N) is 3. The lowest BCUT2D eigenvalue weighted by Gasteiger charge is -2.13. The van der Waals surface area contributed by atoms with Crippen molar-refractivity contribution in [2.45, 2.75) is 24.9 Å². The Labute approximate surface area is 191 Å². The molecular formula is C25H24N4O2S. The van der Waals surface area contributed by atoms with E-state index in [1.807, 2.05) is 59.2 Å². The number of carbonyl (C=O) groups excluding carboxylic acids is 2. The molecule has 7 heteroatoms. The van der Waals surface area contributed by atoms with Crippen molar-refractivity contribution in [3.8, 4) is 5.69 Å². The molecule has 0 aliphatic rings. The first kappa shape index (κ1) is 21.8. The number of thioether (sulfide) groups is 1. The Balaban J connectivity index is 1.64. The van der Waals surface area contributed by atoms with Gasteiger partial charge in [-0.05, 0) is 17.9 Å². The van der Waals surface area contributed by atoms with Gasteiger partial charge in [0.05, 0.1) is 11.4 Å². The Morgan fingerprint density at radius 2 is 1.69 bits per heavy atom. The number of benzene rings is 3. The first-order valence-electron chi connectivity index (χ1n) is 10.5. The van der Waals surface area contributed by atoms with Crippen LogP contribution in [-0.4, -0.2) is 38.8 Å². The molecular weight excluding hydrogens is 420 g/mol. The highest BCUT2D eigenvalue weighted by Gasteiger charge is 2.18. The Morgan fingerprint density at radius 3 is 2.50 bits per heavy atom. The second-order valence-corrected chi connectivity index (χ2v) is 8.34. The number of nitrogens with one attached hydrogen (secondary N) is 1. The number of ketones is 1. The van der Waals surface area contributed by atoms with Gasteiger partial charge in [-0.25, -0.2) is 0 Å². The predicted molar refractivity (Wildman–Crippen MR) is 127 cm³/mol. The molecule has 0 aliphatic carbocycles. The van der Waals surface area contributed by atoms with Gasteiger partial charge < -0.3 is 5.32 Å². The molecule has 0 saturated carbocycles. The number of fused-ring (bicyclic) bond motifs is 1. The third-order valence-corrected chi connectivity index (χ3v) is 6.02.